The number of anilines is 3. The maximum absolute atomic E-state index is 11.5. The van der Waals surface area contributed by atoms with E-state index in [4.69, 9.17) is 22.1 Å². The summed E-state index contributed by atoms with van der Waals surface area (Å²) in [5, 5.41) is 3.18. The van der Waals surface area contributed by atoms with Crippen LogP contribution in [0.1, 0.15) is 17.3 Å². The van der Waals surface area contributed by atoms with Gasteiger partial charge in [-0.3, -0.25) is 0 Å². The molecule has 0 unspecified atom stereocenters. The lowest BCUT2D eigenvalue weighted by molar-refractivity contribution is 0.0526. The normalized spacial score (nSPS) is 10.1. The van der Waals surface area contributed by atoms with Crippen molar-refractivity contribution in [2.75, 3.05) is 17.7 Å². The SMILES string of the molecule is CCOC(=O)c1ccc(Nc2ncnc(Cl)c2N)cc1. The predicted octanol–water partition coefficient (Wildman–Crippen LogP) is 2.63. The van der Waals surface area contributed by atoms with Crippen LogP contribution in [0.3, 0.4) is 0 Å². The molecule has 0 fully saturated rings. The number of nitrogens with two attached hydrogens (primary N) is 1. The Morgan fingerprint density at radius 1 is 1.35 bits per heavy atom. The van der Waals surface area contributed by atoms with Gasteiger partial charge in [0.25, 0.3) is 0 Å². The summed E-state index contributed by atoms with van der Waals surface area (Å²) >= 11 is 5.80. The molecule has 0 radical (unpaired) electrons. The van der Waals surface area contributed by atoms with E-state index in [0.717, 1.165) is 5.69 Å². The molecule has 0 aliphatic rings. The molecule has 3 N–H and O–H groups in total. The first kappa shape index (κ1) is 14.1. The van der Waals surface area contributed by atoms with Crippen LogP contribution in [0.5, 0.6) is 0 Å². The van der Waals surface area contributed by atoms with Crippen molar-refractivity contribution in [2.45, 2.75) is 6.92 Å². The Hall–Kier alpha value is -2.34. The van der Waals surface area contributed by atoms with Crippen LogP contribution in [-0.2, 0) is 4.74 Å². The van der Waals surface area contributed by atoms with E-state index in [1.165, 1.54) is 6.33 Å². The lowest BCUT2D eigenvalue weighted by Gasteiger charge is -2.09. The van der Waals surface area contributed by atoms with Crippen molar-refractivity contribution in [1.29, 1.82) is 0 Å². The monoisotopic (exact) mass is 292 g/mol. The van der Waals surface area contributed by atoms with E-state index in [1.807, 2.05) is 0 Å². The van der Waals surface area contributed by atoms with Crippen molar-refractivity contribution in [3.05, 3.63) is 41.3 Å². The number of esters is 1. The Balaban J connectivity index is 2.15. The Labute approximate surface area is 120 Å². The molecule has 6 nitrogen and oxygen atoms in total. The molecule has 0 amide bonds. The average Bonchev–Trinajstić information content (AvgIpc) is 2.45. The van der Waals surface area contributed by atoms with E-state index in [-0.39, 0.29) is 16.8 Å². The number of nitrogens with zero attached hydrogens (tertiary/aromatic N) is 2. The van der Waals surface area contributed by atoms with Crippen LogP contribution in [0.2, 0.25) is 5.15 Å². The first-order valence-corrected chi connectivity index (χ1v) is 6.29. The Morgan fingerprint density at radius 3 is 2.70 bits per heavy atom. The molecule has 0 aliphatic carbocycles. The van der Waals surface area contributed by atoms with Gasteiger partial charge in [-0.2, -0.15) is 0 Å². The summed E-state index contributed by atoms with van der Waals surface area (Å²) in [6.45, 7) is 2.10. The van der Waals surface area contributed by atoms with Gasteiger partial charge in [0.15, 0.2) is 11.0 Å². The minimum atomic E-state index is -0.358. The number of halogens is 1. The van der Waals surface area contributed by atoms with Crippen LogP contribution < -0.4 is 11.1 Å². The van der Waals surface area contributed by atoms with Crippen molar-refractivity contribution >= 4 is 34.8 Å². The van der Waals surface area contributed by atoms with Gasteiger partial charge in [-0.1, -0.05) is 11.6 Å². The second-order valence-electron chi connectivity index (χ2n) is 3.85. The summed E-state index contributed by atoms with van der Waals surface area (Å²) in [5.74, 6) is 0.0533. The fraction of sp³-hybridized carbons (Fsp3) is 0.154. The van der Waals surface area contributed by atoms with Gasteiger partial charge in [0.2, 0.25) is 0 Å². The Morgan fingerprint density at radius 2 is 2.05 bits per heavy atom. The molecule has 1 heterocycles. The van der Waals surface area contributed by atoms with Gasteiger partial charge in [0.1, 0.15) is 12.0 Å². The molecule has 20 heavy (non-hydrogen) atoms. The van der Waals surface area contributed by atoms with Gasteiger partial charge in [0.05, 0.1) is 12.2 Å². The van der Waals surface area contributed by atoms with Crippen LogP contribution in [0, 0.1) is 0 Å². The molecule has 0 bridgehead atoms. The second-order valence-corrected chi connectivity index (χ2v) is 4.21. The number of nitrogen functional groups attached to an aromatic ring is 1. The van der Waals surface area contributed by atoms with Crippen molar-refractivity contribution in [3.63, 3.8) is 0 Å². The number of rotatable bonds is 4. The summed E-state index contributed by atoms with van der Waals surface area (Å²) in [7, 11) is 0. The summed E-state index contributed by atoms with van der Waals surface area (Å²) < 4.78 is 4.90. The molecule has 1 aromatic heterocycles. The van der Waals surface area contributed by atoms with Crippen molar-refractivity contribution < 1.29 is 9.53 Å². The summed E-state index contributed by atoms with van der Waals surface area (Å²) in [6, 6.07) is 6.75. The van der Waals surface area contributed by atoms with E-state index < -0.39 is 0 Å². The number of nitrogens with one attached hydrogen (secondary N) is 1. The zero-order valence-electron chi connectivity index (χ0n) is 10.8. The molecule has 0 aliphatic heterocycles. The Kier molecular flexibility index (Phi) is 4.37. The van der Waals surface area contributed by atoms with Gasteiger partial charge >= 0.3 is 5.97 Å². The van der Waals surface area contributed by atoms with Crippen LogP contribution in [-0.4, -0.2) is 22.5 Å². The number of aromatic nitrogens is 2. The highest BCUT2D eigenvalue weighted by Crippen LogP contribution is 2.25. The van der Waals surface area contributed by atoms with E-state index in [9.17, 15) is 4.79 Å². The lowest BCUT2D eigenvalue weighted by atomic mass is 10.2. The molecule has 0 atom stereocenters. The average molecular weight is 293 g/mol. The minimum absolute atomic E-state index is 0.186. The maximum Gasteiger partial charge on any atom is 0.338 e. The van der Waals surface area contributed by atoms with E-state index >= 15 is 0 Å². The molecule has 0 saturated carbocycles. The topological polar surface area (TPSA) is 90.1 Å². The molecular weight excluding hydrogens is 280 g/mol. The standard InChI is InChI=1S/C13H13ClN4O2/c1-2-20-13(19)8-3-5-9(6-4-8)18-12-10(15)11(14)16-7-17-12/h3-7H,2,15H2,1H3,(H,16,17,18). The van der Waals surface area contributed by atoms with Gasteiger partial charge < -0.3 is 15.8 Å². The summed E-state index contributed by atoms with van der Waals surface area (Å²) in [6.07, 6.45) is 1.31. The molecule has 2 rings (SSSR count). The van der Waals surface area contributed by atoms with E-state index in [2.05, 4.69) is 15.3 Å². The first-order chi connectivity index (χ1) is 9.61. The summed E-state index contributed by atoms with van der Waals surface area (Å²) in [4.78, 5) is 19.3. The van der Waals surface area contributed by atoms with Gasteiger partial charge in [-0.05, 0) is 31.2 Å². The van der Waals surface area contributed by atoms with Crippen molar-refractivity contribution in [3.8, 4) is 0 Å². The van der Waals surface area contributed by atoms with E-state index in [0.29, 0.717) is 18.0 Å². The molecule has 1 aromatic carbocycles. The number of benzene rings is 1. The lowest BCUT2D eigenvalue weighted by Crippen LogP contribution is -2.05. The van der Waals surface area contributed by atoms with Gasteiger partial charge in [-0.25, -0.2) is 14.8 Å². The number of carbonyl (C=O) groups is 1. The predicted molar refractivity (Wildman–Crippen MR) is 77.1 cm³/mol. The van der Waals surface area contributed by atoms with Crippen LogP contribution in [0.15, 0.2) is 30.6 Å². The molecular formula is C13H13ClN4O2. The number of ether oxygens (including phenoxy) is 1. The quantitative estimate of drug-likeness (QED) is 0.665. The molecule has 0 spiro atoms. The van der Waals surface area contributed by atoms with Crippen LogP contribution in [0.4, 0.5) is 17.2 Å². The number of hydrogen-bond donors (Lipinski definition) is 2. The smallest absolute Gasteiger partial charge is 0.338 e. The zero-order chi connectivity index (χ0) is 14.5. The highest BCUT2D eigenvalue weighted by atomic mass is 35.5. The third-order valence-electron chi connectivity index (χ3n) is 2.49. The fourth-order valence-corrected chi connectivity index (χ4v) is 1.65. The van der Waals surface area contributed by atoms with E-state index in [1.54, 1.807) is 31.2 Å². The second kappa shape index (κ2) is 6.21. The largest absolute Gasteiger partial charge is 0.462 e. The molecule has 7 heteroatoms. The highest BCUT2D eigenvalue weighted by molar-refractivity contribution is 6.32. The third kappa shape index (κ3) is 3.16. The van der Waals surface area contributed by atoms with Crippen molar-refractivity contribution in [2.24, 2.45) is 0 Å². The molecule has 0 saturated heterocycles. The van der Waals surface area contributed by atoms with Gasteiger partial charge in [-0.15, -0.1) is 0 Å². The fourth-order valence-electron chi connectivity index (χ4n) is 1.51. The summed E-state index contributed by atoms with van der Waals surface area (Å²) in [5.41, 5.74) is 7.22. The third-order valence-corrected chi connectivity index (χ3v) is 2.80. The first-order valence-electron chi connectivity index (χ1n) is 5.92. The maximum atomic E-state index is 11.5. The van der Waals surface area contributed by atoms with Crippen LogP contribution >= 0.6 is 11.6 Å². The Bertz CT molecular complexity index is 616. The number of carbonyl (C=O) groups excluding carboxylic acids is 1. The van der Waals surface area contributed by atoms with Crippen LogP contribution in [0.25, 0.3) is 0 Å². The van der Waals surface area contributed by atoms with Crippen molar-refractivity contribution in [1.82, 2.24) is 9.97 Å². The zero-order valence-corrected chi connectivity index (χ0v) is 11.5. The molecule has 2 aromatic rings. The minimum Gasteiger partial charge on any atom is -0.462 e. The van der Waals surface area contributed by atoms with Gasteiger partial charge in [0, 0.05) is 5.69 Å². The highest BCUT2D eigenvalue weighted by Gasteiger charge is 2.08. The molecule has 104 valence electrons. The number of hydrogen-bond acceptors (Lipinski definition) is 6.